The molecule has 0 aromatic heterocycles. The van der Waals surface area contributed by atoms with E-state index in [2.05, 4.69) is 78.1 Å². The Balaban J connectivity index is 1.73. The zero-order valence-corrected chi connectivity index (χ0v) is 11.8. The van der Waals surface area contributed by atoms with Gasteiger partial charge in [-0.25, -0.2) is 0 Å². The van der Waals surface area contributed by atoms with E-state index in [1.807, 2.05) is 0 Å². The molecule has 1 N–H and O–H groups in total. The molecule has 3 aromatic rings. The molecule has 0 saturated carbocycles. The molecule has 0 fully saturated rings. The second kappa shape index (κ2) is 5.10. The number of hydrogen-bond donors (Lipinski definition) is 1. The summed E-state index contributed by atoms with van der Waals surface area (Å²) >= 11 is 0. The Morgan fingerprint density at radius 1 is 0.714 bits per heavy atom. The van der Waals surface area contributed by atoms with Gasteiger partial charge in [0.05, 0.1) is 0 Å². The number of para-hydroxylation sites is 2. The van der Waals surface area contributed by atoms with Crippen LogP contribution in [0.3, 0.4) is 0 Å². The molecule has 0 amide bonds. The molecule has 0 radical (unpaired) electrons. The van der Waals surface area contributed by atoms with Crippen LogP contribution < -0.4 is 5.32 Å². The zero-order valence-electron chi connectivity index (χ0n) is 11.8. The summed E-state index contributed by atoms with van der Waals surface area (Å²) in [6.07, 6.45) is 1.99. The molecule has 0 bridgehead atoms. The highest BCUT2D eigenvalue weighted by molar-refractivity contribution is 5.74. The van der Waals surface area contributed by atoms with Crippen molar-refractivity contribution >= 4 is 11.4 Å². The Bertz CT molecular complexity index is 775. The molecule has 21 heavy (non-hydrogen) atoms. The van der Waals surface area contributed by atoms with Crippen LogP contribution in [0.4, 0.5) is 11.4 Å². The quantitative estimate of drug-likeness (QED) is 0.545. The van der Waals surface area contributed by atoms with Crippen molar-refractivity contribution in [2.75, 3.05) is 5.32 Å². The summed E-state index contributed by atoms with van der Waals surface area (Å²) in [5, 5.41) is 3.63. The maximum absolute atomic E-state index is 3.63. The van der Waals surface area contributed by atoms with Crippen molar-refractivity contribution in [1.29, 1.82) is 0 Å². The van der Waals surface area contributed by atoms with Crippen LogP contribution in [0.1, 0.15) is 22.3 Å². The van der Waals surface area contributed by atoms with Gasteiger partial charge >= 0.3 is 0 Å². The molecule has 4 rings (SSSR count). The number of hydrogen-bond acceptors (Lipinski definition) is 1. The topological polar surface area (TPSA) is 12.0 Å². The highest BCUT2D eigenvalue weighted by Gasteiger charge is 2.16. The second-order valence-corrected chi connectivity index (χ2v) is 5.57. The van der Waals surface area contributed by atoms with Crippen LogP contribution >= 0.6 is 0 Å². The largest absolute Gasteiger partial charge is 0.355 e. The number of fused-ring (bicyclic) bond motifs is 2. The third-order valence-corrected chi connectivity index (χ3v) is 4.13. The van der Waals surface area contributed by atoms with E-state index < -0.39 is 0 Å². The molecule has 1 heteroatoms. The maximum Gasteiger partial charge on any atom is 0.0456 e. The Hall–Kier alpha value is -2.54. The van der Waals surface area contributed by atoms with Crippen molar-refractivity contribution in [1.82, 2.24) is 0 Å². The molecule has 1 heterocycles. The summed E-state index contributed by atoms with van der Waals surface area (Å²) in [6.45, 7) is 0. The molecule has 0 unspecified atom stereocenters. The maximum atomic E-state index is 3.63. The minimum absolute atomic E-state index is 0.971. The normalized spacial score (nSPS) is 12.2. The van der Waals surface area contributed by atoms with E-state index in [-0.39, 0.29) is 0 Å². The van der Waals surface area contributed by atoms with Crippen molar-refractivity contribution in [2.24, 2.45) is 0 Å². The van der Waals surface area contributed by atoms with E-state index in [9.17, 15) is 0 Å². The molecule has 1 nitrogen and oxygen atoms in total. The number of benzene rings is 3. The van der Waals surface area contributed by atoms with Gasteiger partial charge in [-0.2, -0.15) is 0 Å². The molecule has 0 spiro atoms. The Labute approximate surface area is 125 Å². The van der Waals surface area contributed by atoms with Gasteiger partial charge in [-0.1, -0.05) is 66.7 Å². The predicted octanol–water partition coefficient (Wildman–Crippen LogP) is 4.93. The van der Waals surface area contributed by atoms with Crippen LogP contribution in [-0.2, 0) is 12.8 Å². The SMILES string of the molecule is c1ccc(Cc2cccc3c2Nc2ccccc2C3)cc1. The molecule has 102 valence electrons. The fraction of sp³-hybridized carbons (Fsp3) is 0.100. The number of anilines is 2. The Morgan fingerprint density at radius 2 is 1.48 bits per heavy atom. The van der Waals surface area contributed by atoms with Crippen molar-refractivity contribution < 1.29 is 0 Å². The van der Waals surface area contributed by atoms with Crippen LogP contribution in [0.15, 0.2) is 72.8 Å². The van der Waals surface area contributed by atoms with E-state index in [1.54, 1.807) is 0 Å². The van der Waals surface area contributed by atoms with Crippen LogP contribution in [0, 0.1) is 0 Å². The van der Waals surface area contributed by atoms with Gasteiger partial charge in [-0.15, -0.1) is 0 Å². The fourth-order valence-electron chi connectivity index (χ4n) is 3.06. The average molecular weight is 271 g/mol. The minimum Gasteiger partial charge on any atom is -0.355 e. The van der Waals surface area contributed by atoms with Crippen LogP contribution in [0.2, 0.25) is 0 Å². The van der Waals surface area contributed by atoms with E-state index in [0.29, 0.717) is 0 Å². The van der Waals surface area contributed by atoms with E-state index in [1.165, 1.54) is 33.6 Å². The third kappa shape index (κ3) is 2.31. The second-order valence-electron chi connectivity index (χ2n) is 5.57. The van der Waals surface area contributed by atoms with Gasteiger partial charge < -0.3 is 5.32 Å². The van der Waals surface area contributed by atoms with Crippen molar-refractivity contribution in [3.05, 3.63) is 95.1 Å². The summed E-state index contributed by atoms with van der Waals surface area (Å²) in [5.41, 5.74) is 8.02. The standard InChI is InChI=1S/C20H17N/c1-2-7-15(8-3-1)13-17-10-6-11-18-14-16-9-4-5-12-19(16)21-20(17)18/h1-12,21H,13-14H2. The van der Waals surface area contributed by atoms with Gasteiger partial charge in [-0.05, 0) is 34.7 Å². The van der Waals surface area contributed by atoms with Crippen molar-refractivity contribution in [2.45, 2.75) is 12.8 Å². The first-order valence-corrected chi connectivity index (χ1v) is 7.40. The van der Waals surface area contributed by atoms with Crippen molar-refractivity contribution in [3.63, 3.8) is 0 Å². The predicted molar refractivity (Wildman–Crippen MR) is 88.2 cm³/mol. The molecular formula is C20H17N. The highest BCUT2D eigenvalue weighted by Crippen LogP contribution is 2.35. The van der Waals surface area contributed by atoms with Gasteiger partial charge in [0, 0.05) is 17.8 Å². The molecule has 3 aromatic carbocycles. The summed E-state index contributed by atoms with van der Waals surface area (Å²) < 4.78 is 0. The molecule has 1 aliphatic heterocycles. The molecule has 0 atom stereocenters. The summed E-state index contributed by atoms with van der Waals surface area (Å²) in [4.78, 5) is 0. The fourth-order valence-corrected chi connectivity index (χ4v) is 3.06. The lowest BCUT2D eigenvalue weighted by molar-refractivity contribution is 1.11. The van der Waals surface area contributed by atoms with Crippen LogP contribution in [0.5, 0.6) is 0 Å². The van der Waals surface area contributed by atoms with Gasteiger partial charge in [-0.3, -0.25) is 0 Å². The van der Waals surface area contributed by atoms with Gasteiger partial charge in [0.25, 0.3) is 0 Å². The smallest absolute Gasteiger partial charge is 0.0456 e. The molecular weight excluding hydrogens is 254 g/mol. The summed E-state index contributed by atoms with van der Waals surface area (Å²) in [6, 6.07) is 25.9. The third-order valence-electron chi connectivity index (χ3n) is 4.13. The number of rotatable bonds is 2. The molecule has 1 aliphatic rings. The number of nitrogens with one attached hydrogen (secondary N) is 1. The summed E-state index contributed by atoms with van der Waals surface area (Å²) in [5.74, 6) is 0. The van der Waals surface area contributed by atoms with E-state index >= 15 is 0 Å². The van der Waals surface area contributed by atoms with Gasteiger partial charge in [0.1, 0.15) is 0 Å². The molecule has 0 saturated heterocycles. The molecule has 0 aliphatic carbocycles. The lowest BCUT2D eigenvalue weighted by Gasteiger charge is -2.24. The monoisotopic (exact) mass is 271 g/mol. The van der Waals surface area contributed by atoms with Gasteiger partial charge in [0.15, 0.2) is 0 Å². The van der Waals surface area contributed by atoms with Crippen LogP contribution in [0.25, 0.3) is 0 Å². The Morgan fingerprint density at radius 3 is 2.38 bits per heavy atom. The van der Waals surface area contributed by atoms with E-state index in [4.69, 9.17) is 0 Å². The van der Waals surface area contributed by atoms with Gasteiger partial charge in [0.2, 0.25) is 0 Å². The first-order chi connectivity index (χ1) is 10.4. The lowest BCUT2D eigenvalue weighted by Crippen LogP contribution is -2.09. The lowest BCUT2D eigenvalue weighted by atomic mass is 9.92. The van der Waals surface area contributed by atoms with Crippen molar-refractivity contribution in [3.8, 4) is 0 Å². The highest BCUT2D eigenvalue weighted by atomic mass is 14.9. The zero-order chi connectivity index (χ0) is 14.1. The first-order valence-electron chi connectivity index (χ1n) is 7.40. The Kier molecular flexibility index (Phi) is 2.97. The minimum atomic E-state index is 0.971. The average Bonchev–Trinajstić information content (AvgIpc) is 2.54. The van der Waals surface area contributed by atoms with E-state index in [0.717, 1.165) is 12.8 Å². The summed E-state index contributed by atoms with van der Waals surface area (Å²) in [7, 11) is 0. The first kappa shape index (κ1) is 12.2. The van der Waals surface area contributed by atoms with Crippen LogP contribution in [-0.4, -0.2) is 0 Å².